The lowest BCUT2D eigenvalue weighted by Crippen LogP contribution is -2.12. The smallest absolute Gasteiger partial charge is 0.352 e. The highest BCUT2D eigenvalue weighted by Crippen LogP contribution is 2.29. The lowest BCUT2D eigenvalue weighted by molar-refractivity contribution is 0.0691. The molecule has 21 heavy (non-hydrogen) atoms. The van der Waals surface area contributed by atoms with Crippen LogP contribution in [0.15, 0.2) is 39.8 Å². The molecule has 1 aromatic heterocycles. The molecule has 3 N–H and O–H groups in total. The van der Waals surface area contributed by atoms with E-state index in [0.717, 1.165) is 12.3 Å². The third-order valence-corrected chi connectivity index (χ3v) is 4.65. The first-order valence-electron chi connectivity index (χ1n) is 5.61. The maximum atomic E-state index is 12.2. The Morgan fingerprint density at radius 2 is 2.10 bits per heavy atom. The zero-order valence-electron chi connectivity index (χ0n) is 10.8. The molecule has 1 heterocycles. The Hall–Kier alpha value is -2.00. The lowest BCUT2D eigenvalue weighted by Gasteiger charge is -2.10. The number of rotatable bonds is 5. The van der Waals surface area contributed by atoms with Crippen molar-refractivity contribution in [3.63, 3.8) is 0 Å². The van der Waals surface area contributed by atoms with Gasteiger partial charge in [-0.1, -0.05) is 0 Å². The van der Waals surface area contributed by atoms with Crippen molar-refractivity contribution in [2.24, 2.45) is 0 Å². The van der Waals surface area contributed by atoms with Crippen molar-refractivity contribution < 1.29 is 23.1 Å². The number of hydrogen-bond donors (Lipinski definition) is 3. The Balaban J connectivity index is 2.34. The van der Waals surface area contributed by atoms with Crippen LogP contribution in [0.3, 0.4) is 0 Å². The summed E-state index contributed by atoms with van der Waals surface area (Å²) in [5, 5.41) is 8.80. The van der Waals surface area contributed by atoms with Gasteiger partial charge in [-0.2, -0.15) is 0 Å². The third-order valence-electron chi connectivity index (χ3n) is 2.62. The molecule has 0 unspecified atom stereocenters. The fraction of sp³-hybridized carbons (Fsp3) is 0.0833. The van der Waals surface area contributed by atoms with Crippen molar-refractivity contribution in [2.45, 2.75) is 4.90 Å². The van der Waals surface area contributed by atoms with Crippen LogP contribution in [-0.2, 0) is 10.0 Å². The molecule has 0 saturated heterocycles. The number of halogens is 1. The quantitative estimate of drug-likeness (QED) is 0.743. The first kappa shape index (κ1) is 15.4. The van der Waals surface area contributed by atoms with E-state index in [4.69, 9.17) is 9.84 Å². The van der Waals surface area contributed by atoms with Crippen LogP contribution in [0.2, 0.25) is 0 Å². The molecule has 0 bridgehead atoms. The number of carboxylic acid groups (broad SMARTS) is 1. The van der Waals surface area contributed by atoms with Crippen LogP contribution in [0.25, 0.3) is 0 Å². The number of aromatic amines is 1. The summed E-state index contributed by atoms with van der Waals surface area (Å²) < 4.78 is 32.3. The molecule has 0 aliphatic heterocycles. The molecule has 0 fully saturated rings. The highest BCUT2D eigenvalue weighted by Gasteiger charge is 2.19. The Bertz CT molecular complexity index is 785. The van der Waals surface area contributed by atoms with Crippen LogP contribution >= 0.6 is 15.9 Å². The summed E-state index contributed by atoms with van der Waals surface area (Å²) in [6, 6.07) is 5.85. The van der Waals surface area contributed by atoms with Crippen LogP contribution in [0, 0.1) is 0 Å². The maximum absolute atomic E-state index is 12.2. The number of benzene rings is 1. The maximum Gasteiger partial charge on any atom is 0.352 e. The van der Waals surface area contributed by atoms with E-state index in [1.807, 2.05) is 0 Å². The van der Waals surface area contributed by atoms with Gasteiger partial charge in [-0.25, -0.2) is 13.2 Å². The molecule has 0 saturated carbocycles. The van der Waals surface area contributed by atoms with E-state index in [-0.39, 0.29) is 16.3 Å². The van der Waals surface area contributed by atoms with Gasteiger partial charge in [-0.3, -0.25) is 4.72 Å². The summed E-state index contributed by atoms with van der Waals surface area (Å²) in [7, 11) is -2.44. The number of nitrogens with one attached hydrogen (secondary N) is 2. The molecule has 0 atom stereocenters. The van der Waals surface area contributed by atoms with Gasteiger partial charge in [-0.05, 0) is 34.1 Å². The van der Waals surface area contributed by atoms with Crippen LogP contribution in [0.4, 0.5) is 5.69 Å². The molecule has 0 aliphatic rings. The highest BCUT2D eigenvalue weighted by atomic mass is 79.9. The van der Waals surface area contributed by atoms with Gasteiger partial charge in [0.1, 0.15) is 16.3 Å². The van der Waals surface area contributed by atoms with Crippen molar-refractivity contribution in [3.8, 4) is 5.75 Å². The van der Waals surface area contributed by atoms with Gasteiger partial charge in [0.2, 0.25) is 0 Å². The first-order valence-corrected chi connectivity index (χ1v) is 7.89. The highest BCUT2D eigenvalue weighted by molar-refractivity contribution is 9.10. The summed E-state index contributed by atoms with van der Waals surface area (Å²) in [5.41, 5.74) is 0.0764. The second-order valence-corrected chi connectivity index (χ2v) is 6.54. The van der Waals surface area contributed by atoms with E-state index >= 15 is 0 Å². The number of anilines is 1. The Morgan fingerprint density at radius 1 is 1.38 bits per heavy atom. The third kappa shape index (κ3) is 3.37. The topological polar surface area (TPSA) is 108 Å². The molecule has 0 spiro atoms. The van der Waals surface area contributed by atoms with Crippen LogP contribution in [0.1, 0.15) is 10.5 Å². The van der Waals surface area contributed by atoms with Gasteiger partial charge in [0, 0.05) is 16.7 Å². The minimum Gasteiger partial charge on any atom is -0.497 e. The van der Waals surface area contributed by atoms with Gasteiger partial charge in [-0.15, -0.1) is 0 Å². The van der Waals surface area contributed by atoms with Crippen LogP contribution < -0.4 is 9.46 Å². The van der Waals surface area contributed by atoms with Crippen LogP contribution in [0.5, 0.6) is 5.75 Å². The molecule has 112 valence electrons. The summed E-state index contributed by atoms with van der Waals surface area (Å²) in [4.78, 5) is 13.0. The Kier molecular flexibility index (Phi) is 4.24. The van der Waals surface area contributed by atoms with Gasteiger partial charge < -0.3 is 14.8 Å². The number of H-pyrrole nitrogens is 1. The van der Waals surface area contributed by atoms with E-state index in [1.54, 1.807) is 12.1 Å². The second kappa shape index (κ2) is 5.78. The largest absolute Gasteiger partial charge is 0.497 e. The Labute approximate surface area is 129 Å². The predicted octanol–water partition coefficient (Wildman–Crippen LogP) is 2.28. The monoisotopic (exact) mass is 374 g/mol. The van der Waals surface area contributed by atoms with E-state index in [1.165, 1.54) is 13.2 Å². The molecule has 0 aliphatic carbocycles. The van der Waals surface area contributed by atoms with E-state index in [0.29, 0.717) is 10.2 Å². The van der Waals surface area contributed by atoms with E-state index < -0.39 is 16.0 Å². The number of sulfonamides is 1. The average molecular weight is 375 g/mol. The lowest BCUT2D eigenvalue weighted by atomic mass is 10.3. The number of carboxylic acids is 1. The minimum atomic E-state index is -3.90. The Morgan fingerprint density at radius 3 is 2.67 bits per heavy atom. The van der Waals surface area contributed by atoms with Crippen molar-refractivity contribution >= 4 is 37.6 Å². The average Bonchev–Trinajstić information content (AvgIpc) is 2.92. The fourth-order valence-corrected chi connectivity index (χ4v) is 3.11. The predicted molar refractivity (Wildman–Crippen MR) is 79.3 cm³/mol. The van der Waals surface area contributed by atoms with Gasteiger partial charge in [0.05, 0.1) is 12.8 Å². The number of carbonyl (C=O) groups is 1. The minimum absolute atomic E-state index is 0.172. The number of methoxy groups -OCH3 is 1. The zero-order valence-corrected chi connectivity index (χ0v) is 13.2. The first-order chi connectivity index (χ1) is 9.83. The summed E-state index contributed by atoms with van der Waals surface area (Å²) in [6.45, 7) is 0. The number of ether oxygens (including phenoxy) is 1. The van der Waals surface area contributed by atoms with Gasteiger partial charge in [0.25, 0.3) is 10.0 Å². The number of aromatic nitrogens is 1. The molecule has 0 amide bonds. The van der Waals surface area contributed by atoms with Gasteiger partial charge in [0.15, 0.2) is 0 Å². The van der Waals surface area contributed by atoms with Crippen molar-refractivity contribution in [3.05, 3.63) is 40.6 Å². The molecule has 1 aromatic carbocycles. The molecule has 7 nitrogen and oxygen atoms in total. The standard InChI is InChI=1S/C12H11BrN2O5S/c1-20-7-2-3-9(13)10(4-7)15-21(18,19)8-5-11(12(16)17)14-6-8/h2-6,14-15H,1H3,(H,16,17). The summed E-state index contributed by atoms with van der Waals surface area (Å²) >= 11 is 3.23. The van der Waals surface area contributed by atoms with E-state index in [9.17, 15) is 13.2 Å². The number of aromatic carboxylic acids is 1. The van der Waals surface area contributed by atoms with Crippen molar-refractivity contribution in [2.75, 3.05) is 11.8 Å². The van der Waals surface area contributed by atoms with E-state index in [2.05, 4.69) is 25.6 Å². The molecular formula is C12H11BrN2O5S. The zero-order chi connectivity index (χ0) is 15.6. The second-order valence-electron chi connectivity index (χ2n) is 4.01. The summed E-state index contributed by atoms with van der Waals surface area (Å²) in [5.74, 6) is -0.754. The molecule has 9 heteroatoms. The van der Waals surface area contributed by atoms with Crippen LogP contribution in [-0.4, -0.2) is 31.6 Å². The molecule has 2 rings (SSSR count). The fourth-order valence-electron chi connectivity index (χ4n) is 1.57. The van der Waals surface area contributed by atoms with Crippen molar-refractivity contribution in [1.29, 1.82) is 0 Å². The summed E-state index contributed by atoms with van der Waals surface area (Å²) in [6.07, 6.45) is 1.11. The molecule has 0 radical (unpaired) electrons. The SMILES string of the molecule is COc1ccc(Br)c(NS(=O)(=O)c2c[nH]c(C(=O)O)c2)c1. The van der Waals surface area contributed by atoms with Crippen molar-refractivity contribution in [1.82, 2.24) is 4.98 Å². The normalized spacial score (nSPS) is 11.1. The van der Waals surface area contributed by atoms with Gasteiger partial charge >= 0.3 is 5.97 Å². The molecule has 2 aromatic rings. The molecular weight excluding hydrogens is 364 g/mol. The number of hydrogen-bond acceptors (Lipinski definition) is 4.